The highest BCUT2D eigenvalue weighted by molar-refractivity contribution is 6.08. The van der Waals surface area contributed by atoms with E-state index in [0.717, 1.165) is 0 Å². The van der Waals surface area contributed by atoms with Crippen molar-refractivity contribution in [3.05, 3.63) is 17.3 Å². The molecule has 2 amide bonds. The summed E-state index contributed by atoms with van der Waals surface area (Å²) in [5, 5.41) is 2.15. The number of imide groups is 1. The van der Waals surface area contributed by atoms with E-state index in [1.165, 1.54) is 0 Å². The molecule has 0 radical (unpaired) electrons. The Morgan fingerprint density at radius 2 is 2.25 bits per heavy atom. The lowest BCUT2D eigenvalue weighted by atomic mass is 10.2. The number of amides is 2. The minimum absolute atomic E-state index is 0.0991. The second-order valence-electron chi connectivity index (χ2n) is 2.56. The Morgan fingerprint density at radius 1 is 1.50 bits per heavy atom. The average molecular weight is 166 g/mol. The van der Waals surface area contributed by atoms with Gasteiger partial charge in [0.25, 0.3) is 5.91 Å². The van der Waals surface area contributed by atoms with Gasteiger partial charge in [-0.15, -0.1) is 0 Å². The molecule has 1 aromatic rings. The topological polar surface area (TPSA) is 72.2 Å². The third-order valence-corrected chi connectivity index (χ3v) is 1.59. The molecule has 1 aromatic heterocycles. The maximum absolute atomic E-state index is 11.1. The van der Waals surface area contributed by atoms with E-state index in [9.17, 15) is 9.59 Å². The second-order valence-corrected chi connectivity index (χ2v) is 2.56. The van der Waals surface area contributed by atoms with Crippen LogP contribution in [0.15, 0.2) is 4.42 Å². The summed E-state index contributed by atoms with van der Waals surface area (Å²) in [7, 11) is 0. The number of fused-ring (bicyclic) bond motifs is 1. The van der Waals surface area contributed by atoms with Crippen LogP contribution in [-0.2, 0) is 11.2 Å². The van der Waals surface area contributed by atoms with E-state index in [2.05, 4.69) is 10.3 Å². The zero-order chi connectivity index (χ0) is 8.72. The van der Waals surface area contributed by atoms with E-state index >= 15 is 0 Å². The highest BCUT2D eigenvalue weighted by Crippen LogP contribution is 2.14. The van der Waals surface area contributed by atoms with Crippen LogP contribution in [0.25, 0.3) is 0 Å². The summed E-state index contributed by atoms with van der Waals surface area (Å²) in [6.45, 7) is 1.63. The van der Waals surface area contributed by atoms with Crippen LogP contribution in [0.4, 0.5) is 0 Å². The van der Waals surface area contributed by atoms with Crippen LogP contribution < -0.4 is 5.32 Å². The highest BCUT2D eigenvalue weighted by atomic mass is 16.4. The summed E-state index contributed by atoms with van der Waals surface area (Å²) in [5.74, 6) is -0.0483. The molecule has 0 saturated heterocycles. The molecule has 1 N–H and O–H groups in total. The predicted molar refractivity (Wildman–Crippen MR) is 37.4 cm³/mol. The molecule has 0 saturated carbocycles. The normalized spacial score (nSPS) is 15.8. The van der Waals surface area contributed by atoms with Gasteiger partial charge in [-0.3, -0.25) is 14.9 Å². The van der Waals surface area contributed by atoms with E-state index in [-0.39, 0.29) is 18.0 Å². The first kappa shape index (κ1) is 7.02. The van der Waals surface area contributed by atoms with Crippen molar-refractivity contribution in [2.75, 3.05) is 0 Å². The Balaban J connectivity index is 2.53. The molecule has 0 aliphatic carbocycles. The first-order chi connectivity index (χ1) is 5.66. The fourth-order valence-electron chi connectivity index (χ4n) is 1.14. The zero-order valence-electron chi connectivity index (χ0n) is 6.38. The van der Waals surface area contributed by atoms with Gasteiger partial charge in [-0.25, -0.2) is 4.98 Å². The molecule has 2 rings (SSSR count). The van der Waals surface area contributed by atoms with Gasteiger partial charge in [0.1, 0.15) is 5.76 Å². The van der Waals surface area contributed by atoms with Crippen LogP contribution >= 0.6 is 0 Å². The summed E-state index contributed by atoms with van der Waals surface area (Å²) in [4.78, 5) is 25.7. The number of nitrogens with zero attached hydrogens (tertiary/aromatic N) is 1. The maximum atomic E-state index is 11.1. The molecule has 0 bridgehead atoms. The van der Waals surface area contributed by atoms with Crippen LogP contribution in [0.5, 0.6) is 0 Å². The Morgan fingerprint density at radius 3 is 3.00 bits per heavy atom. The third-order valence-electron chi connectivity index (χ3n) is 1.59. The molecule has 12 heavy (non-hydrogen) atoms. The van der Waals surface area contributed by atoms with E-state index in [1.807, 2.05) is 0 Å². The predicted octanol–water partition coefficient (Wildman–Crippen LogP) is -0.204. The summed E-state index contributed by atoms with van der Waals surface area (Å²) in [5.41, 5.74) is 0.229. The van der Waals surface area contributed by atoms with Gasteiger partial charge in [0.2, 0.25) is 5.91 Å². The van der Waals surface area contributed by atoms with Gasteiger partial charge in [0.15, 0.2) is 11.6 Å². The van der Waals surface area contributed by atoms with Crippen molar-refractivity contribution < 1.29 is 14.0 Å². The van der Waals surface area contributed by atoms with Crippen molar-refractivity contribution >= 4 is 11.8 Å². The summed E-state index contributed by atoms with van der Waals surface area (Å²) in [6.07, 6.45) is 0.0991. The first-order valence-electron chi connectivity index (χ1n) is 3.47. The van der Waals surface area contributed by atoms with Gasteiger partial charge in [-0.1, -0.05) is 0 Å². The van der Waals surface area contributed by atoms with E-state index in [0.29, 0.717) is 11.7 Å². The van der Waals surface area contributed by atoms with Crippen molar-refractivity contribution in [3.8, 4) is 0 Å². The number of aromatic nitrogens is 1. The molecule has 2 heterocycles. The van der Waals surface area contributed by atoms with Gasteiger partial charge in [0.05, 0.1) is 6.42 Å². The van der Waals surface area contributed by atoms with E-state index in [4.69, 9.17) is 4.42 Å². The number of carbonyl (C=O) groups is 2. The summed E-state index contributed by atoms with van der Waals surface area (Å²) < 4.78 is 5.05. The van der Waals surface area contributed by atoms with Crippen molar-refractivity contribution in [1.29, 1.82) is 0 Å². The second kappa shape index (κ2) is 2.17. The maximum Gasteiger partial charge on any atom is 0.280 e. The monoisotopic (exact) mass is 166 g/mol. The molecule has 0 spiro atoms. The number of oxazole rings is 1. The number of aryl methyl sites for hydroxylation is 1. The largest absolute Gasteiger partial charge is 0.445 e. The van der Waals surface area contributed by atoms with Crippen LogP contribution in [-0.4, -0.2) is 16.8 Å². The fourth-order valence-corrected chi connectivity index (χ4v) is 1.14. The van der Waals surface area contributed by atoms with Crippen LogP contribution in [0.1, 0.15) is 22.1 Å². The molecule has 1 aliphatic heterocycles. The Hall–Kier alpha value is -1.65. The minimum atomic E-state index is -0.474. The molecule has 0 aromatic carbocycles. The molecular weight excluding hydrogens is 160 g/mol. The molecule has 62 valence electrons. The van der Waals surface area contributed by atoms with Crippen LogP contribution in [0.3, 0.4) is 0 Å². The molecular formula is C7H6N2O3. The molecule has 0 unspecified atom stereocenters. The number of hydrogen-bond donors (Lipinski definition) is 1. The first-order valence-corrected chi connectivity index (χ1v) is 3.47. The van der Waals surface area contributed by atoms with Crippen LogP contribution in [0, 0.1) is 6.92 Å². The van der Waals surface area contributed by atoms with E-state index in [1.54, 1.807) is 6.92 Å². The lowest BCUT2D eigenvalue weighted by Crippen LogP contribution is -2.36. The molecule has 0 fully saturated rings. The Labute approximate surface area is 67.8 Å². The van der Waals surface area contributed by atoms with Crippen LogP contribution in [0.2, 0.25) is 0 Å². The Bertz CT molecular complexity index is 367. The molecule has 0 atom stereocenters. The van der Waals surface area contributed by atoms with Gasteiger partial charge in [0, 0.05) is 6.92 Å². The third kappa shape index (κ3) is 0.903. The smallest absolute Gasteiger partial charge is 0.280 e. The van der Waals surface area contributed by atoms with Crippen molar-refractivity contribution in [1.82, 2.24) is 10.3 Å². The fraction of sp³-hybridized carbons (Fsp3) is 0.286. The van der Waals surface area contributed by atoms with E-state index < -0.39 is 5.91 Å². The number of nitrogens with one attached hydrogen (secondary N) is 1. The number of rotatable bonds is 0. The average Bonchev–Trinajstić information content (AvgIpc) is 2.29. The van der Waals surface area contributed by atoms with Gasteiger partial charge >= 0.3 is 0 Å². The van der Waals surface area contributed by atoms with Crippen molar-refractivity contribution in [3.63, 3.8) is 0 Å². The quantitative estimate of drug-likeness (QED) is 0.541. The molecule has 1 aliphatic rings. The van der Waals surface area contributed by atoms with Gasteiger partial charge in [-0.2, -0.15) is 0 Å². The van der Waals surface area contributed by atoms with Gasteiger partial charge in [-0.05, 0) is 0 Å². The standard InChI is InChI=1S/C7H6N2O3/c1-3-8-6-4(12-3)2-5(10)9-7(6)11/h2H2,1H3,(H,9,10,11). The minimum Gasteiger partial charge on any atom is -0.445 e. The Kier molecular flexibility index (Phi) is 1.27. The number of carbonyl (C=O) groups excluding carboxylic acids is 2. The van der Waals surface area contributed by atoms with Gasteiger partial charge < -0.3 is 4.42 Å². The lowest BCUT2D eigenvalue weighted by molar-refractivity contribution is -0.120. The SMILES string of the molecule is Cc1nc2c(o1)CC(=O)NC2=O. The van der Waals surface area contributed by atoms with Crippen molar-refractivity contribution in [2.45, 2.75) is 13.3 Å². The van der Waals surface area contributed by atoms with Crippen molar-refractivity contribution in [2.24, 2.45) is 0 Å². The lowest BCUT2D eigenvalue weighted by Gasteiger charge is -2.06. The highest BCUT2D eigenvalue weighted by Gasteiger charge is 2.27. The summed E-state index contributed by atoms with van der Waals surface area (Å²) in [6, 6.07) is 0. The summed E-state index contributed by atoms with van der Waals surface area (Å²) >= 11 is 0. The molecule has 5 heteroatoms. The molecule has 5 nitrogen and oxygen atoms in total. The number of hydrogen-bond acceptors (Lipinski definition) is 4. The zero-order valence-corrected chi connectivity index (χ0v) is 6.38.